The van der Waals surface area contributed by atoms with Crippen LogP contribution in [0.25, 0.3) is 0 Å². The van der Waals surface area contributed by atoms with Crippen molar-refractivity contribution < 1.29 is 14.1 Å². The predicted molar refractivity (Wildman–Crippen MR) is 78.0 cm³/mol. The fourth-order valence-corrected chi connectivity index (χ4v) is 2.01. The number of nitro groups is 1. The molecule has 0 fully saturated rings. The Kier molecular flexibility index (Phi) is 4.23. The van der Waals surface area contributed by atoms with Gasteiger partial charge < -0.3 is 5.32 Å². The lowest BCUT2D eigenvalue weighted by Gasteiger charge is -2.06. The average Bonchev–Trinajstić information content (AvgIpc) is 2.41. The molecule has 1 amide bonds. The molecule has 102 valence electrons. The van der Waals surface area contributed by atoms with E-state index in [1.807, 2.05) is 22.6 Å². The molecule has 0 unspecified atom stereocenters. The van der Waals surface area contributed by atoms with Crippen molar-refractivity contribution in [2.75, 3.05) is 5.32 Å². The van der Waals surface area contributed by atoms with E-state index in [1.165, 1.54) is 24.3 Å². The van der Waals surface area contributed by atoms with Gasteiger partial charge in [0.05, 0.1) is 16.7 Å². The number of rotatable bonds is 3. The second-order valence-electron chi connectivity index (χ2n) is 3.74. The number of nitrogens with zero attached hydrogens (tertiary/aromatic N) is 2. The molecule has 1 heterocycles. The van der Waals surface area contributed by atoms with Crippen molar-refractivity contribution in [1.82, 2.24) is 4.98 Å². The third-order valence-electron chi connectivity index (χ3n) is 2.37. The van der Waals surface area contributed by atoms with Gasteiger partial charge in [0.1, 0.15) is 11.6 Å². The smallest absolute Gasteiger partial charge is 0.270 e. The third-order valence-corrected chi connectivity index (χ3v) is 3.32. The van der Waals surface area contributed by atoms with Crippen molar-refractivity contribution in [3.63, 3.8) is 0 Å². The summed E-state index contributed by atoms with van der Waals surface area (Å²) in [6, 6.07) is 6.43. The summed E-state index contributed by atoms with van der Waals surface area (Å²) in [5.74, 6) is -0.899. The molecule has 2 aromatic rings. The number of carbonyl (C=O) groups excluding carboxylic acids is 1. The number of nitro benzene ring substituents is 1. The molecule has 0 atom stereocenters. The maximum atomic E-state index is 12.7. The summed E-state index contributed by atoms with van der Waals surface area (Å²) in [5.41, 5.74) is -0.0199. The topological polar surface area (TPSA) is 85.1 Å². The minimum Gasteiger partial charge on any atom is -0.307 e. The van der Waals surface area contributed by atoms with E-state index in [-0.39, 0.29) is 17.1 Å². The molecule has 20 heavy (non-hydrogen) atoms. The molecule has 0 saturated carbocycles. The van der Waals surface area contributed by atoms with Crippen molar-refractivity contribution in [2.45, 2.75) is 0 Å². The number of aromatic nitrogens is 1. The van der Waals surface area contributed by atoms with Crippen LogP contribution in [0.2, 0.25) is 0 Å². The number of non-ortho nitro benzene ring substituents is 1. The second-order valence-corrected chi connectivity index (χ2v) is 4.90. The van der Waals surface area contributed by atoms with E-state index < -0.39 is 16.6 Å². The van der Waals surface area contributed by atoms with Gasteiger partial charge in [-0.15, -0.1) is 0 Å². The Morgan fingerprint density at radius 1 is 1.35 bits per heavy atom. The number of hydrogen-bond donors (Lipinski definition) is 1. The highest BCUT2D eigenvalue weighted by molar-refractivity contribution is 14.1. The van der Waals surface area contributed by atoms with Crippen LogP contribution in [0.4, 0.5) is 15.9 Å². The van der Waals surface area contributed by atoms with Crippen LogP contribution in [0.5, 0.6) is 0 Å². The lowest BCUT2D eigenvalue weighted by molar-refractivity contribution is -0.384. The van der Waals surface area contributed by atoms with E-state index in [1.54, 1.807) is 0 Å². The van der Waals surface area contributed by atoms with Crippen LogP contribution in [0, 0.1) is 19.5 Å². The first kappa shape index (κ1) is 14.3. The molecule has 2 rings (SSSR count). The van der Waals surface area contributed by atoms with E-state index in [0.717, 1.165) is 12.3 Å². The zero-order valence-corrected chi connectivity index (χ0v) is 12.0. The second kappa shape index (κ2) is 5.90. The number of pyridine rings is 1. The van der Waals surface area contributed by atoms with Gasteiger partial charge in [0, 0.05) is 15.7 Å². The van der Waals surface area contributed by atoms with Gasteiger partial charge in [-0.3, -0.25) is 14.9 Å². The summed E-state index contributed by atoms with van der Waals surface area (Å²) < 4.78 is 13.3. The highest BCUT2D eigenvalue weighted by Gasteiger charge is 2.16. The molecular formula is C12H7FIN3O3. The lowest BCUT2D eigenvalue weighted by atomic mass is 10.2. The van der Waals surface area contributed by atoms with Crippen LogP contribution < -0.4 is 5.32 Å². The zero-order chi connectivity index (χ0) is 14.7. The molecule has 1 aromatic heterocycles. The summed E-state index contributed by atoms with van der Waals surface area (Å²) in [5, 5.41) is 13.1. The molecular weight excluding hydrogens is 380 g/mol. The summed E-state index contributed by atoms with van der Waals surface area (Å²) in [6.45, 7) is 0. The number of halogens is 2. The molecule has 0 radical (unpaired) electrons. The van der Waals surface area contributed by atoms with Gasteiger partial charge in [0.25, 0.3) is 11.6 Å². The SMILES string of the molecule is O=C(Nc1ccc(F)cn1)c1cc([N+](=O)[O-])ccc1I. The number of amides is 1. The van der Waals surface area contributed by atoms with E-state index in [0.29, 0.717) is 3.57 Å². The Labute approximate surface area is 126 Å². The Hall–Kier alpha value is -2.10. The summed E-state index contributed by atoms with van der Waals surface area (Å²) >= 11 is 1.90. The standard InChI is InChI=1S/C12H7FIN3O3/c13-7-1-4-11(15-6-7)16-12(18)9-5-8(17(19)20)2-3-10(9)14/h1-6H,(H,15,16,18). The Morgan fingerprint density at radius 2 is 2.10 bits per heavy atom. The number of nitrogens with one attached hydrogen (secondary N) is 1. The fraction of sp³-hybridized carbons (Fsp3) is 0. The van der Waals surface area contributed by atoms with Gasteiger partial charge in [-0.1, -0.05) is 0 Å². The highest BCUT2D eigenvalue weighted by atomic mass is 127. The highest BCUT2D eigenvalue weighted by Crippen LogP contribution is 2.20. The van der Waals surface area contributed by atoms with Crippen LogP contribution in [-0.2, 0) is 0 Å². The summed E-state index contributed by atoms with van der Waals surface area (Å²) in [7, 11) is 0. The molecule has 0 aliphatic carbocycles. The van der Waals surface area contributed by atoms with E-state index in [9.17, 15) is 19.3 Å². The minimum absolute atomic E-state index is 0.158. The third kappa shape index (κ3) is 3.26. The predicted octanol–water partition coefficient (Wildman–Crippen LogP) is 2.99. The molecule has 0 spiro atoms. The molecule has 1 aromatic carbocycles. The van der Waals surface area contributed by atoms with Crippen LogP contribution in [0.15, 0.2) is 36.5 Å². The maximum absolute atomic E-state index is 12.7. The first-order valence-electron chi connectivity index (χ1n) is 5.34. The minimum atomic E-state index is -0.580. The largest absolute Gasteiger partial charge is 0.307 e. The van der Waals surface area contributed by atoms with Crippen molar-refractivity contribution >= 4 is 40.0 Å². The molecule has 6 nitrogen and oxygen atoms in total. The van der Waals surface area contributed by atoms with E-state index in [2.05, 4.69) is 10.3 Å². The monoisotopic (exact) mass is 387 g/mol. The van der Waals surface area contributed by atoms with Crippen molar-refractivity contribution in [3.05, 3.63) is 61.6 Å². The lowest BCUT2D eigenvalue weighted by Crippen LogP contribution is -2.14. The van der Waals surface area contributed by atoms with Crippen molar-refractivity contribution in [1.29, 1.82) is 0 Å². The normalized spacial score (nSPS) is 10.1. The zero-order valence-electron chi connectivity index (χ0n) is 9.84. The first-order chi connectivity index (χ1) is 9.47. The van der Waals surface area contributed by atoms with Gasteiger partial charge >= 0.3 is 0 Å². The average molecular weight is 387 g/mol. The van der Waals surface area contributed by atoms with Crippen LogP contribution >= 0.6 is 22.6 Å². The quantitative estimate of drug-likeness (QED) is 0.499. The number of anilines is 1. The molecule has 8 heteroatoms. The maximum Gasteiger partial charge on any atom is 0.270 e. The number of carbonyl (C=O) groups is 1. The fourth-order valence-electron chi connectivity index (χ4n) is 1.43. The van der Waals surface area contributed by atoms with Gasteiger partial charge in [-0.2, -0.15) is 0 Å². The van der Waals surface area contributed by atoms with Crippen LogP contribution in [0.3, 0.4) is 0 Å². The van der Waals surface area contributed by atoms with Gasteiger partial charge in [-0.05, 0) is 40.8 Å². The molecule has 0 bridgehead atoms. The molecule has 0 aliphatic heterocycles. The van der Waals surface area contributed by atoms with Crippen LogP contribution in [-0.4, -0.2) is 15.8 Å². The Morgan fingerprint density at radius 3 is 2.70 bits per heavy atom. The van der Waals surface area contributed by atoms with Crippen molar-refractivity contribution in [3.8, 4) is 0 Å². The van der Waals surface area contributed by atoms with Crippen LogP contribution in [0.1, 0.15) is 10.4 Å². The number of hydrogen-bond acceptors (Lipinski definition) is 4. The Balaban J connectivity index is 2.26. The summed E-state index contributed by atoms with van der Waals surface area (Å²) in [6.07, 6.45) is 0.966. The van der Waals surface area contributed by atoms with Gasteiger partial charge in [0.15, 0.2) is 0 Å². The van der Waals surface area contributed by atoms with E-state index >= 15 is 0 Å². The molecule has 0 saturated heterocycles. The van der Waals surface area contributed by atoms with Gasteiger partial charge in [-0.25, -0.2) is 9.37 Å². The number of benzene rings is 1. The first-order valence-corrected chi connectivity index (χ1v) is 6.42. The molecule has 0 aliphatic rings. The molecule has 1 N–H and O–H groups in total. The van der Waals surface area contributed by atoms with Crippen molar-refractivity contribution in [2.24, 2.45) is 0 Å². The van der Waals surface area contributed by atoms with E-state index in [4.69, 9.17) is 0 Å². The Bertz CT molecular complexity index is 676. The summed E-state index contributed by atoms with van der Waals surface area (Å²) in [4.78, 5) is 25.8. The van der Waals surface area contributed by atoms with Gasteiger partial charge in [0.2, 0.25) is 0 Å².